The monoisotopic (exact) mass is 311 g/mol. The maximum Gasteiger partial charge on any atom is 0.237 e. The topological polar surface area (TPSA) is 29.1 Å². The summed E-state index contributed by atoms with van der Waals surface area (Å²) in [6.07, 6.45) is 0. The summed E-state index contributed by atoms with van der Waals surface area (Å²) >= 11 is 1.09. The van der Waals surface area contributed by atoms with Crippen LogP contribution in [0.5, 0.6) is 0 Å². The minimum Gasteiger partial charge on any atom is -0.325 e. The lowest BCUT2D eigenvalue weighted by Crippen LogP contribution is -2.22. The van der Waals surface area contributed by atoms with E-state index in [-0.39, 0.29) is 5.91 Å². The van der Waals surface area contributed by atoms with E-state index in [4.69, 9.17) is 0 Å². The van der Waals surface area contributed by atoms with E-state index in [2.05, 4.69) is 5.32 Å². The van der Waals surface area contributed by atoms with Crippen molar-refractivity contribution in [3.8, 4) is 0 Å². The first-order valence-corrected chi connectivity index (χ1v) is 7.02. The Morgan fingerprint density at radius 3 is 2.52 bits per heavy atom. The predicted octanol–water partition coefficient (Wildman–Crippen LogP) is 4.22. The van der Waals surface area contributed by atoms with Gasteiger partial charge in [-0.05, 0) is 43.3 Å². The standard InChI is InChI=1S/C15H12F3NOS/c1-9(21-12-5-6-13(17)14(18)8-12)15(20)19-11-4-2-3-10(16)7-11/h2-9H,1H3,(H,19,20)/t9-/m1/s1. The first-order valence-electron chi connectivity index (χ1n) is 6.14. The molecule has 1 atom stereocenters. The van der Waals surface area contributed by atoms with E-state index in [1.807, 2.05) is 0 Å². The fourth-order valence-corrected chi connectivity index (χ4v) is 2.51. The minimum atomic E-state index is -0.960. The van der Waals surface area contributed by atoms with Crippen LogP contribution in [0, 0.1) is 17.5 Å². The van der Waals surface area contributed by atoms with Crippen LogP contribution in [0.15, 0.2) is 47.4 Å². The second kappa shape index (κ2) is 6.67. The van der Waals surface area contributed by atoms with Crippen molar-refractivity contribution in [2.24, 2.45) is 0 Å². The molecule has 0 aliphatic heterocycles. The summed E-state index contributed by atoms with van der Waals surface area (Å²) in [7, 11) is 0. The predicted molar refractivity (Wildman–Crippen MR) is 76.7 cm³/mol. The molecular weight excluding hydrogens is 299 g/mol. The average Bonchev–Trinajstić information content (AvgIpc) is 2.43. The molecule has 2 nitrogen and oxygen atoms in total. The number of thioether (sulfide) groups is 1. The zero-order valence-electron chi connectivity index (χ0n) is 11.1. The van der Waals surface area contributed by atoms with Gasteiger partial charge in [0.1, 0.15) is 5.82 Å². The van der Waals surface area contributed by atoms with Crippen molar-refractivity contribution in [2.45, 2.75) is 17.1 Å². The smallest absolute Gasteiger partial charge is 0.237 e. The van der Waals surface area contributed by atoms with E-state index < -0.39 is 22.7 Å². The molecule has 2 aromatic rings. The fraction of sp³-hybridized carbons (Fsp3) is 0.133. The van der Waals surface area contributed by atoms with Crippen LogP contribution < -0.4 is 5.32 Å². The van der Waals surface area contributed by atoms with Gasteiger partial charge in [-0.25, -0.2) is 13.2 Å². The molecule has 1 N–H and O–H groups in total. The Morgan fingerprint density at radius 1 is 1.10 bits per heavy atom. The second-order valence-electron chi connectivity index (χ2n) is 4.34. The van der Waals surface area contributed by atoms with Crippen molar-refractivity contribution in [1.82, 2.24) is 0 Å². The van der Waals surface area contributed by atoms with Crippen molar-refractivity contribution in [3.05, 3.63) is 59.9 Å². The zero-order valence-corrected chi connectivity index (χ0v) is 11.9. The Balaban J connectivity index is 2.00. The van der Waals surface area contributed by atoms with Crippen LogP contribution in [0.2, 0.25) is 0 Å². The quantitative estimate of drug-likeness (QED) is 0.856. The van der Waals surface area contributed by atoms with Gasteiger partial charge in [0.05, 0.1) is 5.25 Å². The fourth-order valence-electron chi connectivity index (χ4n) is 1.62. The molecule has 6 heteroatoms. The van der Waals surface area contributed by atoms with E-state index >= 15 is 0 Å². The molecular formula is C15H12F3NOS. The highest BCUT2D eigenvalue weighted by Gasteiger charge is 2.15. The van der Waals surface area contributed by atoms with Crippen LogP contribution in [-0.2, 0) is 4.79 Å². The molecule has 110 valence electrons. The molecule has 21 heavy (non-hydrogen) atoms. The third-order valence-corrected chi connectivity index (χ3v) is 3.76. The SMILES string of the molecule is C[C@@H](Sc1ccc(F)c(F)c1)C(=O)Nc1cccc(F)c1. The summed E-state index contributed by atoms with van der Waals surface area (Å²) in [5.74, 6) is -2.70. The lowest BCUT2D eigenvalue weighted by Gasteiger charge is -2.12. The Hall–Kier alpha value is -1.95. The average molecular weight is 311 g/mol. The van der Waals surface area contributed by atoms with E-state index in [1.165, 1.54) is 24.3 Å². The van der Waals surface area contributed by atoms with Crippen LogP contribution in [0.3, 0.4) is 0 Å². The maximum absolute atomic E-state index is 13.1. The third-order valence-electron chi connectivity index (χ3n) is 2.67. The molecule has 0 heterocycles. The summed E-state index contributed by atoms with van der Waals surface area (Å²) in [6, 6.07) is 8.96. The molecule has 1 amide bonds. The van der Waals surface area contributed by atoms with Crippen molar-refractivity contribution in [3.63, 3.8) is 0 Å². The van der Waals surface area contributed by atoms with Gasteiger partial charge in [-0.3, -0.25) is 4.79 Å². The molecule has 0 aliphatic carbocycles. The number of amides is 1. The van der Waals surface area contributed by atoms with Gasteiger partial charge < -0.3 is 5.32 Å². The van der Waals surface area contributed by atoms with E-state index in [9.17, 15) is 18.0 Å². The minimum absolute atomic E-state index is 0.345. The number of benzene rings is 2. The molecule has 0 fully saturated rings. The van der Waals surface area contributed by atoms with E-state index in [0.717, 1.165) is 23.9 Å². The Bertz CT molecular complexity index is 663. The van der Waals surface area contributed by atoms with Crippen LogP contribution in [0.1, 0.15) is 6.92 Å². The van der Waals surface area contributed by atoms with Crippen LogP contribution in [0.25, 0.3) is 0 Å². The first-order chi connectivity index (χ1) is 9.95. The Morgan fingerprint density at radius 2 is 1.86 bits per heavy atom. The van der Waals surface area contributed by atoms with Crippen molar-refractivity contribution >= 4 is 23.4 Å². The van der Waals surface area contributed by atoms with Gasteiger partial charge in [0.25, 0.3) is 0 Å². The normalized spacial score (nSPS) is 12.0. The summed E-state index contributed by atoms with van der Waals surface area (Å²) < 4.78 is 38.9. The number of hydrogen-bond acceptors (Lipinski definition) is 2. The van der Waals surface area contributed by atoms with Crippen molar-refractivity contribution < 1.29 is 18.0 Å². The van der Waals surface area contributed by atoms with Crippen LogP contribution in [0.4, 0.5) is 18.9 Å². The lowest BCUT2D eigenvalue weighted by molar-refractivity contribution is -0.115. The molecule has 0 radical (unpaired) electrons. The van der Waals surface area contributed by atoms with Gasteiger partial charge in [0.2, 0.25) is 5.91 Å². The van der Waals surface area contributed by atoms with E-state index in [1.54, 1.807) is 13.0 Å². The summed E-state index contributed by atoms with van der Waals surface area (Å²) in [6.45, 7) is 1.63. The third kappa shape index (κ3) is 4.26. The number of anilines is 1. The molecule has 0 bridgehead atoms. The highest BCUT2D eigenvalue weighted by atomic mass is 32.2. The summed E-state index contributed by atoms with van der Waals surface area (Å²) in [5, 5.41) is 2.02. The zero-order chi connectivity index (χ0) is 15.4. The Labute approximate surface area is 124 Å². The highest BCUT2D eigenvalue weighted by molar-refractivity contribution is 8.00. The number of carbonyl (C=O) groups excluding carboxylic acids is 1. The van der Waals surface area contributed by atoms with Gasteiger partial charge in [0.15, 0.2) is 11.6 Å². The molecule has 2 rings (SSSR count). The van der Waals surface area contributed by atoms with Crippen molar-refractivity contribution in [1.29, 1.82) is 0 Å². The molecule has 0 aromatic heterocycles. The van der Waals surface area contributed by atoms with Gasteiger partial charge in [-0.15, -0.1) is 11.8 Å². The van der Waals surface area contributed by atoms with Gasteiger partial charge in [-0.2, -0.15) is 0 Å². The number of halogens is 3. The number of hydrogen-bond donors (Lipinski definition) is 1. The lowest BCUT2D eigenvalue weighted by atomic mass is 10.3. The summed E-state index contributed by atoms with van der Waals surface area (Å²) in [5.41, 5.74) is 0.345. The molecule has 0 saturated carbocycles. The van der Waals surface area contributed by atoms with Crippen LogP contribution >= 0.6 is 11.8 Å². The summed E-state index contributed by atoms with van der Waals surface area (Å²) in [4.78, 5) is 12.4. The molecule has 2 aromatic carbocycles. The van der Waals surface area contributed by atoms with Crippen LogP contribution in [-0.4, -0.2) is 11.2 Å². The number of carbonyl (C=O) groups is 1. The van der Waals surface area contributed by atoms with Gasteiger partial charge in [0, 0.05) is 10.6 Å². The molecule has 0 spiro atoms. The van der Waals surface area contributed by atoms with Crippen molar-refractivity contribution in [2.75, 3.05) is 5.32 Å². The second-order valence-corrected chi connectivity index (χ2v) is 5.75. The largest absolute Gasteiger partial charge is 0.325 e. The number of rotatable bonds is 4. The maximum atomic E-state index is 13.1. The highest BCUT2D eigenvalue weighted by Crippen LogP contribution is 2.25. The molecule has 0 unspecified atom stereocenters. The Kier molecular flexibility index (Phi) is 4.90. The first kappa shape index (κ1) is 15.4. The molecule has 0 saturated heterocycles. The van der Waals surface area contributed by atoms with E-state index in [0.29, 0.717) is 10.6 Å². The number of nitrogens with one attached hydrogen (secondary N) is 1. The molecule has 0 aliphatic rings. The van der Waals surface area contributed by atoms with Gasteiger partial charge in [-0.1, -0.05) is 6.07 Å². The van der Waals surface area contributed by atoms with Gasteiger partial charge >= 0.3 is 0 Å².